The SMILES string of the molecule is CCOC(=O)CCCCCCNC(=NC)N1CCC2(CCOC2)C1. The van der Waals surface area contributed by atoms with E-state index in [1.165, 1.54) is 12.8 Å². The summed E-state index contributed by atoms with van der Waals surface area (Å²) in [5.41, 5.74) is 0.366. The smallest absolute Gasteiger partial charge is 0.305 e. The molecule has 0 bridgehead atoms. The molecule has 6 nitrogen and oxygen atoms in total. The number of nitrogens with one attached hydrogen (secondary N) is 1. The van der Waals surface area contributed by atoms with Gasteiger partial charge in [0.25, 0.3) is 0 Å². The Bertz CT molecular complexity index is 420. The summed E-state index contributed by atoms with van der Waals surface area (Å²) in [6, 6.07) is 0. The van der Waals surface area contributed by atoms with Gasteiger partial charge in [0.05, 0.1) is 13.2 Å². The predicted molar refractivity (Wildman–Crippen MR) is 95.1 cm³/mol. The Labute approximate surface area is 146 Å². The quantitative estimate of drug-likeness (QED) is 0.318. The second-order valence-electron chi connectivity index (χ2n) is 6.92. The summed E-state index contributed by atoms with van der Waals surface area (Å²) in [5.74, 6) is 0.945. The molecule has 24 heavy (non-hydrogen) atoms. The topological polar surface area (TPSA) is 63.2 Å². The van der Waals surface area contributed by atoms with Crippen LogP contribution >= 0.6 is 0 Å². The van der Waals surface area contributed by atoms with E-state index in [-0.39, 0.29) is 5.97 Å². The fraction of sp³-hybridized carbons (Fsp3) is 0.889. The average molecular weight is 339 g/mol. The third-order valence-corrected chi connectivity index (χ3v) is 5.03. The Hall–Kier alpha value is -1.30. The van der Waals surface area contributed by atoms with Gasteiger partial charge in [-0.3, -0.25) is 9.79 Å². The van der Waals surface area contributed by atoms with Crippen LogP contribution in [0.4, 0.5) is 0 Å². The van der Waals surface area contributed by atoms with Gasteiger partial charge in [-0.1, -0.05) is 12.8 Å². The van der Waals surface area contributed by atoms with Crippen molar-refractivity contribution in [2.24, 2.45) is 10.4 Å². The molecule has 0 aromatic rings. The maximum atomic E-state index is 11.2. The van der Waals surface area contributed by atoms with Crippen LogP contribution in [0.1, 0.15) is 51.9 Å². The number of unbranched alkanes of at least 4 members (excludes halogenated alkanes) is 3. The zero-order valence-corrected chi connectivity index (χ0v) is 15.3. The molecule has 1 spiro atoms. The highest BCUT2D eigenvalue weighted by Gasteiger charge is 2.42. The van der Waals surface area contributed by atoms with Gasteiger partial charge < -0.3 is 19.7 Å². The Balaban J connectivity index is 1.55. The molecule has 0 aromatic carbocycles. The second-order valence-corrected chi connectivity index (χ2v) is 6.92. The summed E-state index contributed by atoms with van der Waals surface area (Å²) in [6.07, 6.45) is 7.15. The number of esters is 1. The third kappa shape index (κ3) is 5.65. The largest absolute Gasteiger partial charge is 0.466 e. The van der Waals surface area contributed by atoms with Crippen molar-refractivity contribution in [3.8, 4) is 0 Å². The molecule has 0 aromatic heterocycles. The molecule has 0 radical (unpaired) electrons. The van der Waals surface area contributed by atoms with E-state index in [4.69, 9.17) is 9.47 Å². The first kappa shape index (κ1) is 19.0. The highest BCUT2D eigenvalue weighted by atomic mass is 16.5. The molecule has 138 valence electrons. The number of rotatable bonds is 8. The Morgan fingerprint density at radius 3 is 2.83 bits per heavy atom. The van der Waals surface area contributed by atoms with E-state index in [1.807, 2.05) is 14.0 Å². The molecular weight excluding hydrogens is 306 g/mol. The van der Waals surface area contributed by atoms with Gasteiger partial charge >= 0.3 is 5.97 Å². The number of carbonyl (C=O) groups excluding carboxylic acids is 1. The summed E-state index contributed by atoms with van der Waals surface area (Å²) in [4.78, 5) is 18.1. The lowest BCUT2D eigenvalue weighted by Crippen LogP contribution is -2.41. The first-order valence-electron chi connectivity index (χ1n) is 9.38. The van der Waals surface area contributed by atoms with E-state index in [2.05, 4.69) is 15.2 Å². The first-order chi connectivity index (χ1) is 11.7. The maximum Gasteiger partial charge on any atom is 0.305 e. The van der Waals surface area contributed by atoms with E-state index >= 15 is 0 Å². The Morgan fingerprint density at radius 1 is 1.29 bits per heavy atom. The summed E-state index contributed by atoms with van der Waals surface area (Å²) in [7, 11) is 1.86. The van der Waals surface area contributed by atoms with Crippen molar-refractivity contribution in [2.75, 3.05) is 46.5 Å². The van der Waals surface area contributed by atoms with Crippen molar-refractivity contribution in [1.29, 1.82) is 0 Å². The molecule has 0 aliphatic carbocycles. The summed E-state index contributed by atoms with van der Waals surface area (Å²) in [5, 5.41) is 3.48. The van der Waals surface area contributed by atoms with Crippen molar-refractivity contribution < 1.29 is 14.3 Å². The highest BCUT2D eigenvalue weighted by molar-refractivity contribution is 5.80. The third-order valence-electron chi connectivity index (χ3n) is 5.03. The van der Waals surface area contributed by atoms with Crippen LogP contribution in [0.2, 0.25) is 0 Å². The lowest BCUT2D eigenvalue weighted by atomic mass is 9.87. The standard InChI is InChI=1S/C18H33N3O3/c1-3-24-16(22)8-6-4-5-7-11-20-17(19-2)21-12-9-18(14-21)10-13-23-15-18/h3-15H2,1-2H3,(H,19,20). The van der Waals surface area contributed by atoms with E-state index in [0.29, 0.717) is 18.4 Å². The summed E-state index contributed by atoms with van der Waals surface area (Å²) in [6.45, 7) is 7.21. The minimum absolute atomic E-state index is 0.0742. The lowest BCUT2D eigenvalue weighted by molar-refractivity contribution is -0.143. The van der Waals surface area contributed by atoms with Crippen LogP contribution in [0.25, 0.3) is 0 Å². The molecule has 6 heteroatoms. The average Bonchev–Trinajstić information content (AvgIpc) is 3.21. The van der Waals surface area contributed by atoms with Gasteiger partial charge in [0, 0.05) is 45.1 Å². The van der Waals surface area contributed by atoms with Crippen molar-refractivity contribution in [3.05, 3.63) is 0 Å². The van der Waals surface area contributed by atoms with Crippen LogP contribution in [-0.4, -0.2) is 63.3 Å². The van der Waals surface area contributed by atoms with Gasteiger partial charge in [0.1, 0.15) is 0 Å². The molecule has 1 atom stereocenters. The van der Waals surface area contributed by atoms with Gasteiger partial charge in [-0.2, -0.15) is 0 Å². The highest BCUT2D eigenvalue weighted by Crippen LogP contribution is 2.38. The number of likely N-dealkylation sites (tertiary alicyclic amines) is 1. The zero-order chi connectivity index (χ0) is 17.3. The van der Waals surface area contributed by atoms with E-state index < -0.39 is 0 Å². The summed E-state index contributed by atoms with van der Waals surface area (Å²) < 4.78 is 10.5. The molecule has 2 rings (SSSR count). The molecule has 2 saturated heterocycles. The minimum Gasteiger partial charge on any atom is -0.466 e. The monoisotopic (exact) mass is 339 g/mol. The van der Waals surface area contributed by atoms with Crippen molar-refractivity contribution in [1.82, 2.24) is 10.2 Å². The molecule has 1 N–H and O–H groups in total. The van der Waals surface area contributed by atoms with Crippen molar-refractivity contribution in [2.45, 2.75) is 51.9 Å². The lowest BCUT2D eigenvalue weighted by Gasteiger charge is -2.24. The number of nitrogens with zero attached hydrogens (tertiary/aromatic N) is 2. The number of hydrogen-bond acceptors (Lipinski definition) is 4. The first-order valence-corrected chi connectivity index (χ1v) is 9.38. The number of ether oxygens (including phenoxy) is 2. The molecule has 1 unspecified atom stereocenters. The normalized spacial score (nSPS) is 23.9. The van der Waals surface area contributed by atoms with Crippen LogP contribution in [0, 0.1) is 5.41 Å². The number of carbonyl (C=O) groups is 1. The fourth-order valence-corrected chi connectivity index (χ4v) is 3.60. The molecule has 2 aliphatic rings. The van der Waals surface area contributed by atoms with Crippen LogP contribution < -0.4 is 5.32 Å². The van der Waals surface area contributed by atoms with Crippen LogP contribution in [0.5, 0.6) is 0 Å². The second kappa shape index (κ2) is 9.87. The number of aliphatic imine (C=N–C) groups is 1. The van der Waals surface area contributed by atoms with Crippen molar-refractivity contribution >= 4 is 11.9 Å². The number of guanidine groups is 1. The van der Waals surface area contributed by atoms with Gasteiger partial charge in [-0.15, -0.1) is 0 Å². The van der Waals surface area contributed by atoms with E-state index in [0.717, 1.165) is 64.5 Å². The minimum atomic E-state index is -0.0742. The van der Waals surface area contributed by atoms with Gasteiger partial charge in [0.2, 0.25) is 0 Å². The van der Waals surface area contributed by atoms with Crippen molar-refractivity contribution in [3.63, 3.8) is 0 Å². The molecule has 2 fully saturated rings. The van der Waals surface area contributed by atoms with E-state index in [1.54, 1.807) is 0 Å². The number of hydrogen-bond donors (Lipinski definition) is 1. The molecular formula is C18H33N3O3. The molecule has 2 aliphatic heterocycles. The Kier molecular flexibility index (Phi) is 7.82. The summed E-state index contributed by atoms with van der Waals surface area (Å²) >= 11 is 0. The van der Waals surface area contributed by atoms with Gasteiger partial charge in [-0.25, -0.2) is 0 Å². The van der Waals surface area contributed by atoms with Crippen LogP contribution in [0.15, 0.2) is 4.99 Å². The zero-order valence-electron chi connectivity index (χ0n) is 15.3. The van der Waals surface area contributed by atoms with Crippen LogP contribution in [-0.2, 0) is 14.3 Å². The predicted octanol–water partition coefficient (Wildman–Crippen LogP) is 2.19. The van der Waals surface area contributed by atoms with Crippen LogP contribution in [0.3, 0.4) is 0 Å². The van der Waals surface area contributed by atoms with Gasteiger partial charge in [-0.05, 0) is 32.6 Å². The maximum absolute atomic E-state index is 11.2. The van der Waals surface area contributed by atoms with E-state index in [9.17, 15) is 4.79 Å². The Morgan fingerprint density at radius 2 is 2.12 bits per heavy atom. The molecule has 0 amide bonds. The fourth-order valence-electron chi connectivity index (χ4n) is 3.60. The van der Waals surface area contributed by atoms with Gasteiger partial charge in [0.15, 0.2) is 5.96 Å². The molecule has 2 heterocycles. The molecule has 0 saturated carbocycles.